The third-order valence-corrected chi connectivity index (χ3v) is 6.33. The summed E-state index contributed by atoms with van der Waals surface area (Å²) in [5.74, 6) is 0. The van der Waals surface area contributed by atoms with Gasteiger partial charge in [-0.2, -0.15) is 0 Å². The van der Waals surface area contributed by atoms with Crippen molar-refractivity contribution >= 4 is 29.8 Å². The van der Waals surface area contributed by atoms with Crippen LogP contribution in [0.15, 0.2) is 36.4 Å². The van der Waals surface area contributed by atoms with Crippen LogP contribution in [0.5, 0.6) is 0 Å². The van der Waals surface area contributed by atoms with Gasteiger partial charge in [0.05, 0.1) is 0 Å². The first kappa shape index (κ1) is 17.1. The van der Waals surface area contributed by atoms with Crippen molar-refractivity contribution in [3.05, 3.63) is 47.3 Å². The minimum atomic E-state index is 0. The van der Waals surface area contributed by atoms with Gasteiger partial charge in [-0.3, -0.25) is 0 Å². The molecular weight excluding hydrogens is 359 g/mol. The van der Waals surface area contributed by atoms with Gasteiger partial charge < -0.3 is 12.4 Å². The van der Waals surface area contributed by atoms with Gasteiger partial charge in [-0.15, -0.1) is 0 Å². The molecule has 22 heavy (non-hydrogen) atoms. The average molecular weight is 380 g/mol. The van der Waals surface area contributed by atoms with Crippen molar-refractivity contribution < 1.29 is 12.4 Å². The minimum Gasteiger partial charge on any atom is -1.00 e. The van der Waals surface area contributed by atoms with Gasteiger partial charge in [0.1, 0.15) is 0 Å². The predicted octanol–water partition coefficient (Wildman–Crippen LogP) is -0.588. The van der Waals surface area contributed by atoms with Crippen LogP contribution in [0.4, 0.5) is 5.69 Å². The molecule has 4 heteroatoms. The van der Waals surface area contributed by atoms with Gasteiger partial charge in [0, 0.05) is 0 Å². The third-order valence-electron chi connectivity index (χ3n) is 3.99. The van der Waals surface area contributed by atoms with Crippen LogP contribution in [-0.4, -0.2) is 42.7 Å². The smallest absolute Gasteiger partial charge is 1.00 e. The molecule has 0 N–H and O–H groups in total. The number of fused-ring (bicyclic) bond motifs is 2. The predicted molar refractivity (Wildman–Crippen MR) is 93.7 cm³/mol. The van der Waals surface area contributed by atoms with Crippen LogP contribution in [0, 0.1) is 6.92 Å². The summed E-state index contributed by atoms with van der Waals surface area (Å²) in [5, 5.41) is 2.71. The van der Waals surface area contributed by atoms with Crippen LogP contribution in [-0.2, 0) is 0 Å². The van der Waals surface area contributed by atoms with Crippen molar-refractivity contribution in [2.24, 2.45) is 0 Å². The molecule has 2 aliphatic rings. The second-order valence-electron chi connectivity index (χ2n) is 5.88. The molecule has 2 nitrogen and oxygen atoms in total. The quantitative estimate of drug-likeness (QED) is 0.311. The van der Waals surface area contributed by atoms with E-state index in [0.29, 0.717) is 14.5 Å². The molecule has 0 bridgehead atoms. The van der Waals surface area contributed by atoms with Gasteiger partial charge in [-0.25, -0.2) is 0 Å². The van der Waals surface area contributed by atoms with Gasteiger partial charge in [-0.05, 0) is 0 Å². The largest absolute Gasteiger partial charge is 1.00 e. The van der Waals surface area contributed by atoms with Crippen LogP contribution in [0.2, 0.25) is 0 Å². The van der Waals surface area contributed by atoms with Gasteiger partial charge >= 0.3 is 132 Å². The molecule has 0 amide bonds. The van der Waals surface area contributed by atoms with Gasteiger partial charge in [0.25, 0.3) is 0 Å². The Bertz CT molecular complexity index is 861. The van der Waals surface area contributed by atoms with Crippen molar-refractivity contribution in [3.8, 4) is 10.0 Å². The first-order valence-corrected chi connectivity index (χ1v) is 8.83. The molecule has 116 valence electrons. The SMILES string of the molecule is Cc1c2ccc(=[N+](C)C)cc-2[se]c2cc(N(C)C)ccc12.[Cl-]. The minimum absolute atomic E-state index is 0. The Balaban J connectivity index is 0.00000176. The van der Waals surface area contributed by atoms with E-state index in [2.05, 4.69) is 81.0 Å². The zero-order valence-corrected chi connectivity index (χ0v) is 16.1. The van der Waals surface area contributed by atoms with Crippen LogP contribution in [0.25, 0.3) is 19.6 Å². The van der Waals surface area contributed by atoms with Crippen molar-refractivity contribution in [1.82, 2.24) is 4.58 Å². The molecule has 1 aromatic rings. The molecule has 0 atom stereocenters. The number of hydrogen-bond acceptors (Lipinski definition) is 1. The van der Waals surface area contributed by atoms with Gasteiger partial charge in [-0.1, -0.05) is 0 Å². The summed E-state index contributed by atoms with van der Waals surface area (Å²) in [7, 11) is 8.41. The van der Waals surface area contributed by atoms with Crippen LogP contribution in [0.1, 0.15) is 5.56 Å². The Morgan fingerprint density at radius 3 is 2.36 bits per heavy atom. The van der Waals surface area contributed by atoms with E-state index in [0.717, 1.165) is 0 Å². The average Bonchev–Trinajstić information content (AvgIpc) is 2.46. The van der Waals surface area contributed by atoms with E-state index in [1.54, 1.807) is 0 Å². The van der Waals surface area contributed by atoms with Crippen molar-refractivity contribution in [2.45, 2.75) is 6.92 Å². The molecule has 0 fully saturated rings. The van der Waals surface area contributed by atoms with Crippen LogP contribution in [0.3, 0.4) is 0 Å². The summed E-state index contributed by atoms with van der Waals surface area (Å²) < 4.78 is 5.17. The maximum absolute atomic E-state index is 2.35. The molecule has 0 radical (unpaired) electrons. The maximum Gasteiger partial charge on any atom is -1.00 e. The number of hydrogen-bond donors (Lipinski definition) is 0. The van der Waals surface area contributed by atoms with E-state index in [4.69, 9.17) is 0 Å². The van der Waals surface area contributed by atoms with Crippen molar-refractivity contribution in [2.75, 3.05) is 33.1 Å². The maximum atomic E-state index is 2.35. The van der Waals surface area contributed by atoms with E-state index in [1.165, 1.54) is 36.3 Å². The Labute approximate surface area is 144 Å². The number of rotatable bonds is 1. The van der Waals surface area contributed by atoms with Crippen molar-refractivity contribution in [3.63, 3.8) is 0 Å². The molecule has 1 aliphatic heterocycles. The molecule has 1 aliphatic carbocycles. The number of aryl methyl sites for hydroxylation is 1. The van der Waals surface area contributed by atoms with Crippen LogP contribution < -0.4 is 27.2 Å². The Hall–Kier alpha value is -1.28. The Morgan fingerprint density at radius 2 is 1.73 bits per heavy atom. The standard InChI is InChI=1S/C18H21N2Se.ClH/c1-12-15-8-6-13(19(2)3)10-17(15)21-18-11-14(20(4)5)7-9-16(12)18;/h6-11H,1-5H3;1H/q+1;/p-1. The molecule has 0 unspecified atom stereocenters. The van der Waals surface area contributed by atoms with Crippen LogP contribution >= 0.6 is 0 Å². The fourth-order valence-corrected chi connectivity index (χ4v) is 5.27. The van der Waals surface area contributed by atoms with Gasteiger partial charge in [0.2, 0.25) is 0 Å². The summed E-state index contributed by atoms with van der Waals surface area (Å²) in [6, 6.07) is 13.7. The molecule has 0 saturated heterocycles. The van der Waals surface area contributed by atoms with Crippen molar-refractivity contribution in [1.29, 1.82) is 0 Å². The van der Waals surface area contributed by atoms with E-state index < -0.39 is 0 Å². The second-order valence-corrected chi connectivity index (χ2v) is 8.15. The summed E-state index contributed by atoms with van der Waals surface area (Å²) in [4.78, 5) is 2.18. The Morgan fingerprint density at radius 1 is 1.00 bits per heavy atom. The van der Waals surface area contributed by atoms with E-state index in [1.807, 2.05) is 0 Å². The van der Waals surface area contributed by atoms with Gasteiger partial charge in [0.15, 0.2) is 0 Å². The molecule has 0 aromatic heterocycles. The number of halogens is 1. The number of benzene rings is 2. The summed E-state index contributed by atoms with van der Waals surface area (Å²) >= 11 is 0.377. The third kappa shape index (κ3) is 2.94. The molecule has 3 rings (SSSR count). The normalized spacial score (nSPS) is 10.6. The molecule has 1 heterocycles. The molecule has 1 aromatic carbocycles. The monoisotopic (exact) mass is 380 g/mol. The fraction of sp³-hybridized carbons (Fsp3) is 0.278. The zero-order valence-electron chi connectivity index (χ0n) is 13.6. The summed E-state index contributed by atoms with van der Waals surface area (Å²) in [5.41, 5.74) is 4.12. The number of anilines is 1. The number of nitrogens with zero attached hydrogens (tertiary/aromatic N) is 2. The van der Waals surface area contributed by atoms with E-state index in [9.17, 15) is 0 Å². The summed E-state index contributed by atoms with van der Waals surface area (Å²) in [6.07, 6.45) is 0. The fourth-order valence-electron chi connectivity index (χ4n) is 2.63. The van der Waals surface area contributed by atoms with E-state index in [-0.39, 0.29) is 12.4 Å². The first-order valence-electron chi connectivity index (χ1n) is 7.12. The zero-order chi connectivity index (χ0) is 15.1. The summed E-state index contributed by atoms with van der Waals surface area (Å²) in [6.45, 7) is 2.25. The molecular formula is C18H21ClN2Se. The molecule has 0 spiro atoms. The Kier molecular flexibility index (Phi) is 5.01. The molecule has 0 saturated carbocycles. The second kappa shape index (κ2) is 6.45. The topological polar surface area (TPSA) is 6.25 Å². The van der Waals surface area contributed by atoms with E-state index >= 15 is 0 Å². The first-order chi connectivity index (χ1) is 9.97.